The Labute approximate surface area is 99.9 Å². The maximum Gasteiger partial charge on any atom is 0.148 e. The summed E-state index contributed by atoms with van der Waals surface area (Å²) < 4.78 is 0. The highest BCUT2D eigenvalue weighted by Crippen LogP contribution is 2.21. The summed E-state index contributed by atoms with van der Waals surface area (Å²) in [5, 5.41) is 32.9. The summed E-state index contributed by atoms with van der Waals surface area (Å²) in [6, 6.07) is 3.69. The first-order valence-corrected chi connectivity index (χ1v) is 5.25. The molecule has 0 saturated heterocycles. The van der Waals surface area contributed by atoms with E-state index in [0.717, 1.165) is 0 Å². The molecule has 92 valence electrons. The lowest BCUT2D eigenvalue weighted by Crippen LogP contribution is -2.19. The average Bonchev–Trinajstić information content (AvgIpc) is 2.14. The second-order valence-electron chi connectivity index (χ2n) is 3.80. The van der Waals surface area contributed by atoms with Crippen LogP contribution >= 0.6 is 0 Å². The molecule has 6 heteroatoms. The maximum absolute atomic E-state index is 9.26. The van der Waals surface area contributed by atoms with Crippen molar-refractivity contribution < 1.29 is 10.2 Å². The Hall–Kier alpha value is -1.84. The first-order valence-electron chi connectivity index (χ1n) is 5.25. The molecule has 0 radical (unpaired) electrons. The second-order valence-corrected chi connectivity index (χ2v) is 3.80. The van der Waals surface area contributed by atoms with E-state index in [1.807, 2.05) is 6.07 Å². The van der Waals surface area contributed by atoms with Gasteiger partial charge in [-0.2, -0.15) is 5.26 Å². The van der Waals surface area contributed by atoms with Crippen molar-refractivity contribution in [1.29, 1.82) is 5.26 Å². The molecule has 0 saturated carbocycles. The van der Waals surface area contributed by atoms with Gasteiger partial charge in [0.2, 0.25) is 0 Å². The molecule has 1 heterocycles. The van der Waals surface area contributed by atoms with Gasteiger partial charge in [0.1, 0.15) is 30.2 Å². The van der Waals surface area contributed by atoms with Crippen LogP contribution in [0.5, 0.6) is 0 Å². The summed E-state index contributed by atoms with van der Waals surface area (Å²) >= 11 is 0. The zero-order valence-corrected chi connectivity index (χ0v) is 10.0. The lowest BCUT2D eigenvalue weighted by molar-refractivity contribution is 0.223. The summed E-state index contributed by atoms with van der Waals surface area (Å²) in [5.74, 6) is 0.741. The SMILES string of the molecule is Cc1cc(NC(C)O)nc(NC(C)O)c1C#N. The Morgan fingerprint density at radius 1 is 1.29 bits per heavy atom. The van der Waals surface area contributed by atoms with Gasteiger partial charge in [-0.15, -0.1) is 0 Å². The van der Waals surface area contributed by atoms with E-state index in [0.29, 0.717) is 22.8 Å². The van der Waals surface area contributed by atoms with Gasteiger partial charge in [-0.25, -0.2) is 4.98 Å². The number of rotatable bonds is 4. The van der Waals surface area contributed by atoms with Crippen LogP contribution < -0.4 is 10.6 Å². The summed E-state index contributed by atoms with van der Waals surface area (Å²) in [4.78, 5) is 4.12. The van der Waals surface area contributed by atoms with E-state index >= 15 is 0 Å². The van der Waals surface area contributed by atoms with E-state index in [2.05, 4.69) is 15.6 Å². The molecule has 17 heavy (non-hydrogen) atoms. The van der Waals surface area contributed by atoms with Gasteiger partial charge >= 0.3 is 0 Å². The van der Waals surface area contributed by atoms with Crippen LogP contribution in [0.15, 0.2) is 6.07 Å². The number of anilines is 2. The number of hydrogen-bond acceptors (Lipinski definition) is 6. The molecule has 1 aromatic rings. The number of aryl methyl sites for hydroxylation is 1. The van der Waals surface area contributed by atoms with E-state index in [4.69, 9.17) is 5.26 Å². The number of nitrogens with one attached hydrogen (secondary N) is 2. The van der Waals surface area contributed by atoms with Gasteiger partial charge in [0, 0.05) is 0 Å². The zero-order valence-electron chi connectivity index (χ0n) is 10.0. The number of nitriles is 1. The highest BCUT2D eigenvalue weighted by atomic mass is 16.3. The van der Waals surface area contributed by atoms with Crippen LogP contribution in [0.2, 0.25) is 0 Å². The van der Waals surface area contributed by atoms with Gasteiger partial charge in [-0.1, -0.05) is 0 Å². The average molecular weight is 236 g/mol. The molecular formula is C11H16N4O2. The minimum absolute atomic E-state index is 0.297. The molecule has 2 atom stereocenters. The number of pyridine rings is 1. The quantitative estimate of drug-likeness (QED) is 0.576. The predicted octanol–water partition coefficient (Wildman–Crippen LogP) is 0.762. The summed E-state index contributed by atoms with van der Waals surface area (Å²) in [5.41, 5.74) is 1.09. The predicted molar refractivity (Wildman–Crippen MR) is 64.3 cm³/mol. The van der Waals surface area contributed by atoms with Crippen LogP contribution in [0.3, 0.4) is 0 Å². The molecule has 2 unspecified atom stereocenters. The van der Waals surface area contributed by atoms with Crippen molar-refractivity contribution in [3.05, 3.63) is 17.2 Å². The highest BCUT2D eigenvalue weighted by molar-refractivity contribution is 5.60. The first-order chi connectivity index (χ1) is 7.93. The second kappa shape index (κ2) is 5.48. The third-order valence-corrected chi connectivity index (χ3v) is 2.03. The monoisotopic (exact) mass is 236 g/mol. The molecule has 0 aromatic carbocycles. The van der Waals surface area contributed by atoms with Crippen LogP contribution in [0.25, 0.3) is 0 Å². The van der Waals surface area contributed by atoms with Crippen LogP contribution in [-0.2, 0) is 0 Å². The molecule has 4 N–H and O–H groups in total. The minimum atomic E-state index is -0.809. The largest absolute Gasteiger partial charge is 0.374 e. The third kappa shape index (κ3) is 3.59. The fraction of sp³-hybridized carbons (Fsp3) is 0.455. The van der Waals surface area contributed by atoms with Gasteiger partial charge < -0.3 is 20.8 Å². The first kappa shape index (κ1) is 13.2. The highest BCUT2D eigenvalue weighted by Gasteiger charge is 2.11. The smallest absolute Gasteiger partial charge is 0.148 e. The van der Waals surface area contributed by atoms with Gasteiger partial charge in [0.05, 0.1) is 5.56 Å². The number of aliphatic hydroxyl groups is 2. The Bertz CT molecular complexity index is 438. The van der Waals surface area contributed by atoms with Crippen molar-refractivity contribution in [2.75, 3.05) is 10.6 Å². The molecule has 0 fully saturated rings. The standard InChI is InChI=1S/C11H16N4O2/c1-6-4-10(13-7(2)16)15-11(9(6)5-12)14-8(3)17/h4,7-8,16-17H,1-3H3,(H2,13,14,15). The van der Waals surface area contributed by atoms with Crippen LogP contribution in [0.1, 0.15) is 25.0 Å². The maximum atomic E-state index is 9.26. The molecule has 1 aromatic heterocycles. The van der Waals surface area contributed by atoms with E-state index in [9.17, 15) is 10.2 Å². The Morgan fingerprint density at radius 3 is 2.35 bits per heavy atom. The van der Waals surface area contributed by atoms with Crippen LogP contribution in [-0.4, -0.2) is 27.7 Å². The van der Waals surface area contributed by atoms with Crippen LogP contribution in [0.4, 0.5) is 11.6 Å². The molecule has 0 bridgehead atoms. The number of aliphatic hydroxyl groups excluding tert-OH is 2. The topological polar surface area (TPSA) is 101 Å². The van der Waals surface area contributed by atoms with E-state index in [1.165, 1.54) is 6.92 Å². The summed E-state index contributed by atoms with van der Waals surface area (Å²) in [6.07, 6.45) is -1.55. The lowest BCUT2D eigenvalue weighted by Gasteiger charge is -2.15. The van der Waals surface area contributed by atoms with Crippen molar-refractivity contribution in [1.82, 2.24) is 4.98 Å². The number of aromatic nitrogens is 1. The molecular weight excluding hydrogens is 220 g/mol. The Kier molecular flexibility index (Phi) is 4.26. The molecule has 0 aliphatic carbocycles. The van der Waals surface area contributed by atoms with Crippen molar-refractivity contribution in [2.24, 2.45) is 0 Å². The molecule has 1 rings (SSSR count). The van der Waals surface area contributed by atoms with Gasteiger partial charge in [-0.3, -0.25) is 0 Å². The van der Waals surface area contributed by atoms with Crippen molar-refractivity contribution in [3.63, 3.8) is 0 Å². The fourth-order valence-electron chi connectivity index (χ4n) is 1.40. The molecule has 0 aliphatic heterocycles. The minimum Gasteiger partial charge on any atom is -0.374 e. The van der Waals surface area contributed by atoms with Gasteiger partial charge in [-0.05, 0) is 32.4 Å². The van der Waals surface area contributed by atoms with Crippen molar-refractivity contribution in [2.45, 2.75) is 33.2 Å². The normalized spacial score (nSPS) is 13.6. The third-order valence-electron chi connectivity index (χ3n) is 2.03. The van der Waals surface area contributed by atoms with Gasteiger partial charge in [0.25, 0.3) is 0 Å². The van der Waals surface area contributed by atoms with Crippen molar-refractivity contribution >= 4 is 11.6 Å². The van der Waals surface area contributed by atoms with E-state index < -0.39 is 12.5 Å². The lowest BCUT2D eigenvalue weighted by atomic mass is 10.1. The summed E-state index contributed by atoms with van der Waals surface area (Å²) in [6.45, 7) is 4.87. The van der Waals surface area contributed by atoms with E-state index in [1.54, 1.807) is 19.9 Å². The Balaban J connectivity index is 3.15. The Morgan fingerprint density at radius 2 is 1.88 bits per heavy atom. The zero-order chi connectivity index (χ0) is 13.0. The van der Waals surface area contributed by atoms with E-state index in [-0.39, 0.29) is 0 Å². The van der Waals surface area contributed by atoms with Crippen molar-refractivity contribution in [3.8, 4) is 6.07 Å². The summed E-state index contributed by atoms with van der Waals surface area (Å²) in [7, 11) is 0. The molecule has 0 amide bonds. The van der Waals surface area contributed by atoms with Crippen LogP contribution in [0, 0.1) is 18.3 Å². The van der Waals surface area contributed by atoms with Gasteiger partial charge in [0.15, 0.2) is 0 Å². The number of nitrogens with zero attached hydrogens (tertiary/aromatic N) is 2. The molecule has 0 spiro atoms. The molecule has 0 aliphatic rings. The number of hydrogen-bond donors (Lipinski definition) is 4. The fourth-order valence-corrected chi connectivity index (χ4v) is 1.40. The molecule has 6 nitrogen and oxygen atoms in total.